The van der Waals surface area contributed by atoms with E-state index in [0.717, 1.165) is 35.3 Å². The van der Waals surface area contributed by atoms with Gasteiger partial charge in [-0.15, -0.1) is 5.10 Å². The molecule has 1 saturated heterocycles. The first-order valence-corrected chi connectivity index (χ1v) is 9.90. The normalized spacial score (nSPS) is 15.0. The van der Waals surface area contributed by atoms with Crippen LogP contribution in [0.4, 0.5) is 4.39 Å². The Labute approximate surface area is 171 Å². The maximum absolute atomic E-state index is 14.0. The second-order valence-corrected chi connectivity index (χ2v) is 7.42. The first kappa shape index (κ1) is 18.4. The summed E-state index contributed by atoms with van der Waals surface area (Å²) in [6.07, 6.45) is 2.97. The molecule has 0 bridgehead atoms. The van der Waals surface area contributed by atoms with Gasteiger partial charge in [0.15, 0.2) is 0 Å². The van der Waals surface area contributed by atoms with E-state index in [1.807, 2.05) is 35.2 Å². The predicted octanol–water partition coefficient (Wildman–Crippen LogP) is 2.69. The number of benzene rings is 2. The second-order valence-electron chi connectivity index (χ2n) is 7.42. The largest absolute Gasteiger partial charge is 0.341 e. The summed E-state index contributed by atoms with van der Waals surface area (Å²) in [5.41, 5.74) is 2.55. The van der Waals surface area contributed by atoms with Crippen LogP contribution < -0.4 is 0 Å². The lowest BCUT2D eigenvalue weighted by Gasteiger charge is -2.33. The molecule has 0 spiro atoms. The van der Waals surface area contributed by atoms with Crippen molar-refractivity contribution >= 4 is 16.9 Å². The molecule has 8 nitrogen and oxygen atoms in total. The van der Waals surface area contributed by atoms with E-state index in [9.17, 15) is 9.18 Å². The molecule has 1 amide bonds. The summed E-state index contributed by atoms with van der Waals surface area (Å²) in [5.74, 6) is 0.539. The Balaban J connectivity index is 1.42. The standard InChI is InChI=1S/C21H20FN7O/c22-16-6-7-18-19(12-16)29(21(24-18)15-4-2-1-3-5-15)17-8-10-27(11-9-17)20(30)13-28-14-23-25-26-28/h1-7,12,14,17H,8-11,13H2. The van der Waals surface area contributed by atoms with E-state index in [1.165, 1.54) is 17.1 Å². The molecule has 2 aromatic carbocycles. The zero-order valence-corrected chi connectivity index (χ0v) is 16.2. The van der Waals surface area contributed by atoms with Crippen molar-refractivity contribution in [2.24, 2.45) is 0 Å². The van der Waals surface area contributed by atoms with Gasteiger partial charge in [0.2, 0.25) is 5.91 Å². The smallest absolute Gasteiger partial charge is 0.244 e. The Morgan fingerprint density at radius 1 is 1.10 bits per heavy atom. The van der Waals surface area contributed by atoms with Crippen molar-refractivity contribution < 1.29 is 9.18 Å². The highest BCUT2D eigenvalue weighted by Gasteiger charge is 2.27. The van der Waals surface area contributed by atoms with E-state index in [4.69, 9.17) is 4.98 Å². The number of tetrazole rings is 1. The van der Waals surface area contributed by atoms with Crippen LogP contribution in [0.2, 0.25) is 0 Å². The molecular weight excluding hydrogens is 385 g/mol. The first-order chi connectivity index (χ1) is 14.7. The predicted molar refractivity (Wildman–Crippen MR) is 108 cm³/mol. The molecule has 5 rings (SSSR count). The molecule has 2 aromatic heterocycles. The van der Waals surface area contributed by atoms with Crippen LogP contribution in [0, 0.1) is 5.82 Å². The average Bonchev–Trinajstić information content (AvgIpc) is 3.42. The molecule has 0 saturated carbocycles. The molecule has 0 radical (unpaired) electrons. The van der Waals surface area contributed by atoms with Crippen molar-refractivity contribution in [3.05, 3.63) is 60.7 Å². The fourth-order valence-electron chi connectivity index (χ4n) is 4.09. The third kappa shape index (κ3) is 3.42. The van der Waals surface area contributed by atoms with Gasteiger partial charge in [-0.1, -0.05) is 30.3 Å². The van der Waals surface area contributed by atoms with E-state index >= 15 is 0 Å². The molecule has 9 heteroatoms. The number of carbonyl (C=O) groups is 1. The van der Waals surface area contributed by atoms with Crippen LogP contribution >= 0.6 is 0 Å². The molecule has 0 aliphatic carbocycles. The fourth-order valence-corrected chi connectivity index (χ4v) is 4.09. The van der Waals surface area contributed by atoms with Crippen molar-refractivity contribution in [1.29, 1.82) is 0 Å². The molecule has 3 heterocycles. The Bertz CT molecular complexity index is 1170. The molecule has 152 valence electrons. The van der Waals surface area contributed by atoms with Gasteiger partial charge in [-0.25, -0.2) is 14.1 Å². The summed E-state index contributed by atoms with van der Waals surface area (Å²) >= 11 is 0. The van der Waals surface area contributed by atoms with Gasteiger partial charge in [-0.05, 0) is 41.5 Å². The van der Waals surface area contributed by atoms with Gasteiger partial charge in [-0.3, -0.25) is 4.79 Å². The Morgan fingerprint density at radius 2 is 1.90 bits per heavy atom. The number of hydrogen-bond acceptors (Lipinski definition) is 5. The Kier molecular flexibility index (Phi) is 4.70. The minimum Gasteiger partial charge on any atom is -0.341 e. The van der Waals surface area contributed by atoms with Crippen LogP contribution in [-0.2, 0) is 11.3 Å². The van der Waals surface area contributed by atoms with Crippen molar-refractivity contribution in [2.75, 3.05) is 13.1 Å². The topological polar surface area (TPSA) is 81.7 Å². The summed E-state index contributed by atoms with van der Waals surface area (Å²) in [4.78, 5) is 19.2. The van der Waals surface area contributed by atoms with Crippen LogP contribution in [0.25, 0.3) is 22.4 Å². The average molecular weight is 405 g/mol. The number of halogens is 1. The third-order valence-corrected chi connectivity index (χ3v) is 5.55. The van der Waals surface area contributed by atoms with Gasteiger partial charge in [0.05, 0.1) is 11.0 Å². The molecule has 1 fully saturated rings. The SMILES string of the molecule is O=C(Cn1cnnn1)N1CCC(n2c(-c3ccccc3)nc3ccc(F)cc32)CC1. The molecule has 30 heavy (non-hydrogen) atoms. The molecule has 4 aromatic rings. The molecular formula is C21H20FN7O. The molecule has 0 N–H and O–H groups in total. The monoisotopic (exact) mass is 405 g/mol. The number of likely N-dealkylation sites (tertiary alicyclic amines) is 1. The van der Waals surface area contributed by atoms with Gasteiger partial charge in [0, 0.05) is 24.7 Å². The van der Waals surface area contributed by atoms with Gasteiger partial charge in [0.25, 0.3) is 0 Å². The number of carbonyl (C=O) groups excluding carboxylic acids is 1. The van der Waals surface area contributed by atoms with Crippen LogP contribution in [0.15, 0.2) is 54.9 Å². The Morgan fingerprint density at radius 3 is 2.63 bits per heavy atom. The van der Waals surface area contributed by atoms with Gasteiger partial charge in [-0.2, -0.15) is 0 Å². The van der Waals surface area contributed by atoms with E-state index in [0.29, 0.717) is 13.1 Å². The zero-order chi connectivity index (χ0) is 20.5. The maximum atomic E-state index is 14.0. The second kappa shape index (κ2) is 7.66. The van der Waals surface area contributed by atoms with E-state index in [-0.39, 0.29) is 24.3 Å². The first-order valence-electron chi connectivity index (χ1n) is 9.90. The molecule has 0 unspecified atom stereocenters. The lowest BCUT2D eigenvalue weighted by atomic mass is 10.0. The van der Waals surface area contributed by atoms with Crippen molar-refractivity contribution in [3.63, 3.8) is 0 Å². The number of hydrogen-bond donors (Lipinski definition) is 0. The number of aromatic nitrogens is 6. The quantitative estimate of drug-likeness (QED) is 0.521. The summed E-state index contributed by atoms with van der Waals surface area (Å²) in [6.45, 7) is 1.37. The van der Waals surface area contributed by atoms with Gasteiger partial charge >= 0.3 is 0 Å². The number of fused-ring (bicyclic) bond motifs is 1. The van der Waals surface area contributed by atoms with Crippen molar-refractivity contribution in [2.45, 2.75) is 25.4 Å². The molecule has 1 aliphatic rings. The number of nitrogens with zero attached hydrogens (tertiary/aromatic N) is 7. The van der Waals surface area contributed by atoms with E-state index < -0.39 is 0 Å². The summed E-state index contributed by atoms with van der Waals surface area (Å²) < 4.78 is 17.6. The third-order valence-electron chi connectivity index (χ3n) is 5.55. The van der Waals surface area contributed by atoms with Crippen LogP contribution in [0.3, 0.4) is 0 Å². The van der Waals surface area contributed by atoms with Crippen molar-refractivity contribution in [3.8, 4) is 11.4 Å². The Hall–Kier alpha value is -3.62. The summed E-state index contributed by atoms with van der Waals surface area (Å²) in [5, 5.41) is 10.9. The summed E-state index contributed by atoms with van der Waals surface area (Å²) in [7, 11) is 0. The highest BCUT2D eigenvalue weighted by Crippen LogP contribution is 2.33. The fraction of sp³-hybridized carbons (Fsp3) is 0.286. The van der Waals surface area contributed by atoms with Crippen molar-refractivity contribution in [1.82, 2.24) is 34.7 Å². The van der Waals surface area contributed by atoms with E-state index in [1.54, 1.807) is 12.1 Å². The molecule has 1 aliphatic heterocycles. The van der Waals surface area contributed by atoms with Crippen LogP contribution in [0.1, 0.15) is 18.9 Å². The maximum Gasteiger partial charge on any atom is 0.244 e. The summed E-state index contributed by atoms with van der Waals surface area (Å²) in [6, 6.07) is 14.8. The molecule has 0 atom stereocenters. The number of imidazole rings is 1. The van der Waals surface area contributed by atoms with E-state index in [2.05, 4.69) is 20.1 Å². The highest BCUT2D eigenvalue weighted by atomic mass is 19.1. The number of amides is 1. The zero-order valence-electron chi connectivity index (χ0n) is 16.2. The van der Waals surface area contributed by atoms with Crippen LogP contribution in [0.5, 0.6) is 0 Å². The minimum atomic E-state index is -0.280. The lowest BCUT2D eigenvalue weighted by Crippen LogP contribution is -2.40. The van der Waals surface area contributed by atoms with Gasteiger partial charge in [0.1, 0.15) is 24.5 Å². The minimum absolute atomic E-state index is 0.00873. The van der Waals surface area contributed by atoms with Crippen LogP contribution in [-0.4, -0.2) is 53.7 Å². The highest BCUT2D eigenvalue weighted by molar-refractivity contribution is 5.81. The lowest BCUT2D eigenvalue weighted by molar-refractivity contribution is -0.133. The number of rotatable bonds is 4. The number of piperidine rings is 1. The van der Waals surface area contributed by atoms with Gasteiger partial charge < -0.3 is 9.47 Å².